The van der Waals surface area contributed by atoms with Crippen LogP contribution in [0.15, 0.2) is 22.9 Å². The number of halogens is 1. The Labute approximate surface area is 80.2 Å². The number of hydrogen-bond acceptors (Lipinski definition) is 1. The fourth-order valence-corrected chi connectivity index (χ4v) is 8.84. The molecule has 3 heteroatoms. The summed E-state index contributed by atoms with van der Waals surface area (Å²) < 4.78 is 2.50. The van der Waals surface area contributed by atoms with Gasteiger partial charge in [0.15, 0.2) is 0 Å². The third kappa shape index (κ3) is 2.44. The van der Waals surface area contributed by atoms with Crippen molar-refractivity contribution in [2.75, 3.05) is 0 Å². The maximum atomic E-state index is 4.21. The minimum atomic E-state index is -1.88. The van der Waals surface area contributed by atoms with Crippen molar-refractivity contribution in [3.05, 3.63) is 22.9 Å². The van der Waals surface area contributed by atoms with Crippen molar-refractivity contribution in [2.24, 2.45) is 0 Å². The molecule has 0 fully saturated rings. The summed E-state index contributed by atoms with van der Waals surface area (Å²) >= 11 is 1.59. The molecule has 1 aromatic rings. The van der Waals surface area contributed by atoms with Crippen LogP contribution >= 0.6 is 15.9 Å². The molecular weight excluding hydrogens is 309 g/mol. The Morgan fingerprint density at radius 1 is 1.36 bits per heavy atom. The van der Waals surface area contributed by atoms with E-state index in [1.54, 1.807) is 0 Å². The fourth-order valence-electron chi connectivity index (χ4n) is 0.945. The van der Waals surface area contributed by atoms with Gasteiger partial charge < -0.3 is 0 Å². The van der Waals surface area contributed by atoms with E-state index in [-0.39, 0.29) is 0 Å². The quantitative estimate of drug-likeness (QED) is 0.572. The standard InChI is InChI=1S/C5H3BrN.3CH3.Sn/c6-5-3-1-2-4-7-5;;;;/h1-2,4H;3*1H3;. The number of pyridine rings is 1. The maximum absolute atomic E-state index is 4.21. The topological polar surface area (TPSA) is 12.9 Å². The third-order valence-electron chi connectivity index (χ3n) is 1.57. The number of nitrogens with zero attached hydrogens (tertiary/aromatic N) is 1. The summed E-state index contributed by atoms with van der Waals surface area (Å²) in [5.41, 5.74) is 0. The van der Waals surface area contributed by atoms with E-state index in [1.165, 1.54) is 3.58 Å². The summed E-state index contributed by atoms with van der Waals surface area (Å²) in [6.45, 7) is 0. The molecule has 0 aliphatic rings. The Bertz CT molecular complexity index is 255. The van der Waals surface area contributed by atoms with Crippen molar-refractivity contribution in [1.29, 1.82) is 0 Å². The summed E-state index contributed by atoms with van der Waals surface area (Å²) in [4.78, 5) is 11.4. The number of aromatic nitrogens is 1. The summed E-state index contributed by atoms with van der Waals surface area (Å²) in [6, 6.07) is 4.20. The second-order valence-electron chi connectivity index (χ2n) is 3.59. The first-order valence-electron chi connectivity index (χ1n) is 3.63. The Morgan fingerprint density at radius 2 is 2.00 bits per heavy atom. The van der Waals surface area contributed by atoms with Gasteiger partial charge >= 0.3 is 80.6 Å². The second-order valence-corrected chi connectivity index (χ2v) is 18.7. The molecule has 1 heterocycles. The molecule has 0 saturated heterocycles. The van der Waals surface area contributed by atoms with Gasteiger partial charge in [0.1, 0.15) is 0 Å². The molecule has 1 rings (SSSR count). The van der Waals surface area contributed by atoms with Gasteiger partial charge in [-0.1, -0.05) is 0 Å². The molecule has 0 unspecified atom stereocenters. The molecule has 0 saturated carbocycles. The van der Waals surface area contributed by atoms with Gasteiger partial charge in [0.25, 0.3) is 0 Å². The molecule has 11 heavy (non-hydrogen) atoms. The molecule has 0 bridgehead atoms. The van der Waals surface area contributed by atoms with Gasteiger partial charge in [-0.3, -0.25) is 0 Å². The average molecular weight is 321 g/mol. The van der Waals surface area contributed by atoms with Crippen LogP contribution in [0.4, 0.5) is 0 Å². The van der Waals surface area contributed by atoms with Crippen molar-refractivity contribution in [3.8, 4) is 0 Å². The van der Waals surface area contributed by atoms with E-state index in [0.29, 0.717) is 0 Å². The first-order valence-corrected chi connectivity index (χ1v) is 14.4. The molecule has 0 aromatic carbocycles. The van der Waals surface area contributed by atoms with Gasteiger partial charge in [0.2, 0.25) is 0 Å². The molecule has 0 aliphatic carbocycles. The molecule has 0 aliphatic heterocycles. The summed E-state index contributed by atoms with van der Waals surface area (Å²) in [7, 11) is 0. The third-order valence-corrected chi connectivity index (χ3v) is 9.01. The predicted molar refractivity (Wildman–Crippen MR) is 54.9 cm³/mol. The molecule has 1 nitrogen and oxygen atoms in total. The first kappa shape index (κ1) is 9.52. The summed E-state index contributed by atoms with van der Waals surface area (Å²) in [5.74, 6) is 0. The first-order chi connectivity index (χ1) is 5.02. The van der Waals surface area contributed by atoms with Crippen LogP contribution in [0.25, 0.3) is 0 Å². The molecule has 1 aromatic heterocycles. The molecular formula is C8H12BrNSn. The van der Waals surface area contributed by atoms with Crippen molar-refractivity contribution < 1.29 is 0 Å². The van der Waals surface area contributed by atoms with E-state index in [9.17, 15) is 0 Å². The van der Waals surface area contributed by atoms with Crippen molar-refractivity contribution in [2.45, 2.75) is 14.8 Å². The zero-order chi connectivity index (χ0) is 8.48. The van der Waals surface area contributed by atoms with Gasteiger partial charge in [-0.05, 0) is 0 Å². The van der Waals surface area contributed by atoms with Gasteiger partial charge in [-0.15, -0.1) is 0 Å². The summed E-state index contributed by atoms with van der Waals surface area (Å²) in [6.07, 6.45) is 1.82. The van der Waals surface area contributed by atoms with Crippen LogP contribution in [0.3, 0.4) is 0 Å². The molecule has 0 amide bonds. The zero-order valence-electron chi connectivity index (χ0n) is 7.06. The molecule has 0 N–H and O–H groups in total. The van der Waals surface area contributed by atoms with Crippen LogP contribution in [0.5, 0.6) is 0 Å². The monoisotopic (exact) mass is 321 g/mol. The molecule has 60 valence electrons. The van der Waals surface area contributed by atoms with Crippen LogP contribution in [-0.4, -0.2) is 23.4 Å². The number of rotatable bonds is 1. The zero-order valence-corrected chi connectivity index (χ0v) is 11.5. The minimum absolute atomic E-state index is 1.04. The van der Waals surface area contributed by atoms with Crippen molar-refractivity contribution in [1.82, 2.24) is 4.98 Å². The fraction of sp³-hybridized carbons (Fsp3) is 0.375. The van der Waals surface area contributed by atoms with E-state index in [0.717, 1.165) is 4.60 Å². The van der Waals surface area contributed by atoms with Crippen LogP contribution < -0.4 is 3.58 Å². The van der Waals surface area contributed by atoms with Gasteiger partial charge in [0, 0.05) is 0 Å². The Hall–Kier alpha value is 0.429. The van der Waals surface area contributed by atoms with Crippen LogP contribution in [0.2, 0.25) is 14.8 Å². The molecule has 0 spiro atoms. The average Bonchev–Trinajstić information content (AvgIpc) is 1.86. The normalized spacial score (nSPS) is 11.6. The van der Waals surface area contributed by atoms with Crippen molar-refractivity contribution >= 4 is 37.9 Å². The Balaban J connectivity index is 3.14. The number of hydrogen-bond donors (Lipinski definition) is 0. The van der Waals surface area contributed by atoms with Gasteiger partial charge in [0.05, 0.1) is 0 Å². The van der Waals surface area contributed by atoms with E-state index >= 15 is 0 Å². The Morgan fingerprint density at radius 3 is 2.36 bits per heavy atom. The van der Waals surface area contributed by atoms with E-state index < -0.39 is 18.4 Å². The van der Waals surface area contributed by atoms with Gasteiger partial charge in [-0.2, -0.15) is 0 Å². The van der Waals surface area contributed by atoms with Gasteiger partial charge in [-0.25, -0.2) is 0 Å². The predicted octanol–water partition coefficient (Wildman–Crippen LogP) is 2.39. The van der Waals surface area contributed by atoms with Crippen LogP contribution in [0, 0.1) is 0 Å². The SMILES string of the molecule is [CH3][Sn]([CH3])([CH3])[c]1cccnc1Br. The van der Waals surface area contributed by atoms with Crippen molar-refractivity contribution in [3.63, 3.8) is 0 Å². The molecule has 0 atom stereocenters. The van der Waals surface area contributed by atoms with Crippen LogP contribution in [-0.2, 0) is 0 Å². The molecule has 0 radical (unpaired) electrons. The van der Waals surface area contributed by atoms with E-state index in [4.69, 9.17) is 0 Å². The van der Waals surface area contributed by atoms with E-state index in [1.807, 2.05) is 12.3 Å². The second kappa shape index (κ2) is 3.44. The summed E-state index contributed by atoms with van der Waals surface area (Å²) in [5, 5.41) is 0. The Kier molecular flexibility index (Phi) is 2.97. The van der Waals surface area contributed by atoms with Crippen LogP contribution in [0.1, 0.15) is 0 Å². The van der Waals surface area contributed by atoms with E-state index in [2.05, 4.69) is 41.8 Å².